The van der Waals surface area contributed by atoms with E-state index in [9.17, 15) is 12.8 Å². The molecule has 0 fully saturated rings. The fourth-order valence-electron chi connectivity index (χ4n) is 2.81. The topological polar surface area (TPSA) is 58.6 Å². The fourth-order valence-corrected chi connectivity index (χ4v) is 4.13. The maximum atomic E-state index is 13.1. The third kappa shape index (κ3) is 5.63. The first kappa shape index (κ1) is 21.0. The van der Waals surface area contributed by atoms with E-state index in [1.807, 2.05) is 30.3 Å². The van der Waals surface area contributed by atoms with Gasteiger partial charge in [-0.3, -0.25) is 0 Å². The van der Waals surface area contributed by atoms with Gasteiger partial charge in [-0.1, -0.05) is 54.6 Å². The van der Waals surface area contributed by atoms with Crippen molar-refractivity contribution in [2.24, 2.45) is 0 Å². The zero-order valence-corrected chi connectivity index (χ0v) is 16.9. The van der Waals surface area contributed by atoms with Gasteiger partial charge in [0, 0.05) is 13.6 Å². The molecular formula is C22H23FN2O3S. The van der Waals surface area contributed by atoms with Crippen LogP contribution in [0, 0.1) is 5.82 Å². The molecule has 0 aromatic heterocycles. The second kappa shape index (κ2) is 9.65. The molecular weight excluding hydrogens is 391 g/mol. The lowest BCUT2D eigenvalue weighted by Gasteiger charge is -2.20. The van der Waals surface area contributed by atoms with Gasteiger partial charge < -0.3 is 10.1 Å². The van der Waals surface area contributed by atoms with Crippen LogP contribution in [0.3, 0.4) is 0 Å². The molecule has 29 heavy (non-hydrogen) atoms. The van der Waals surface area contributed by atoms with Gasteiger partial charge >= 0.3 is 0 Å². The molecule has 7 heteroatoms. The lowest BCUT2D eigenvalue weighted by atomic mass is 10.2. The minimum Gasteiger partial charge on any atom is -0.362 e. The Kier molecular flexibility index (Phi) is 6.98. The van der Waals surface area contributed by atoms with Gasteiger partial charge in [0.05, 0.1) is 12.3 Å². The molecule has 0 radical (unpaired) electrons. The first-order chi connectivity index (χ1) is 14.0. The van der Waals surface area contributed by atoms with Crippen LogP contribution in [0.1, 0.15) is 11.1 Å². The van der Waals surface area contributed by atoms with E-state index in [0.29, 0.717) is 5.69 Å². The van der Waals surface area contributed by atoms with Gasteiger partial charge in [0.15, 0.2) is 0 Å². The third-order valence-corrected chi connectivity index (χ3v) is 6.23. The Morgan fingerprint density at radius 1 is 0.897 bits per heavy atom. The van der Waals surface area contributed by atoms with Crippen molar-refractivity contribution in [1.82, 2.24) is 4.31 Å². The Balaban J connectivity index is 1.64. The Morgan fingerprint density at radius 2 is 1.55 bits per heavy atom. The van der Waals surface area contributed by atoms with Crippen molar-refractivity contribution in [3.8, 4) is 0 Å². The average molecular weight is 415 g/mol. The third-order valence-electron chi connectivity index (χ3n) is 4.37. The molecule has 3 rings (SSSR count). The molecule has 3 aromatic carbocycles. The predicted octanol–water partition coefficient (Wildman–Crippen LogP) is 4.23. The number of sulfonamides is 1. The van der Waals surface area contributed by atoms with Crippen LogP contribution < -0.4 is 5.32 Å². The van der Waals surface area contributed by atoms with E-state index in [0.717, 1.165) is 11.1 Å². The van der Waals surface area contributed by atoms with Crippen molar-refractivity contribution in [2.45, 2.75) is 18.0 Å². The highest BCUT2D eigenvalue weighted by Gasteiger charge is 2.23. The van der Waals surface area contributed by atoms with Gasteiger partial charge in [0.1, 0.15) is 17.4 Å². The summed E-state index contributed by atoms with van der Waals surface area (Å²) in [5.41, 5.74) is 2.20. The highest BCUT2D eigenvalue weighted by Crippen LogP contribution is 2.24. The molecule has 0 saturated carbocycles. The number of ether oxygens (including phenoxy) is 1. The molecule has 0 spiro atoms. The summed E-state index contributed by atoms with van der Waals surface area (Å²) >= 11 is 0. The first-order valence-corrected chi connectivity index (χ1v) is 10.6. The van der Waals surface area contributed by atoms with E-state index < -0.39 is 10.0 Å². The van der Waals surface area contributed by atoms with Gasteiger partial charge in [-0.15, -0.1) is 0 Å². The highest BCUT2D eigenvalue weighted by molar-refractivity contribution is 7.89. The molecule has 0 aliphatic heterocycles. The average Bonchev–Trinajstić information content (AvgIpc) is 2.73. The predicted molar refractivity (Wildman–Crippen MR) is 111 cm³/mol. The molecule has 3 aromatic rings. The summed E-state index contributed by atoms with van der Waals surface area (Å²) in [5.74, 6) is -0.300. The van der Waals surface area contributed by atoms with Crippen molar-refractivity contribution < 1.29 is 17.5 Å². The van der Waals surface area contributed by atoms with Crippen molar-refractivity contribution in [1.29, 1.82) is 0 Å². The highest BCUT2D eigenvalue weighted by atomic mass is 32.2. The van der Waals surface area contributed by atoms with Crippen LogP contribution in [-0.4, -0.2) is 26.5 Å². The molecule has 0 heterocycles. The molecule has 0 aliphatic rings. The van der Waals surface area contributed by atoms with Gasteiger partial charge in [-0.2, -0.15) is 4.31 Å². The Hall–Kier alpha value is -2.74. The number of nitrogens with zero attached hydrogens (tertiary/aromatic N) is 1. The summed E-state index contributed by atoms with van der Waals surface area (Å²) in [6.45, 7) is 0.682. The van der Waals surface area contributed by atoms with Crippen LogP contribution >= 0.6 is 0 Å². The smallest absolute Gasteiger partial charge is 0.245 e. The van der Waals surface area contributed by atoms with E-state index in [1.54, 1.807) is 43.4 Å². The van der Waals surface area contributed by atoms with Crippen LogP contribution in [0.5, 0.6) is 0 Å². The van der Waals surface area contributed by atoms with Gasteiger partial charge in [0.2, 0.25) is 10.0 Å². The Bertz CT molecular complexity index is 1030. The van der Waals surface area contributed by atoms with E-state index in [2.05, 4.69) is 5.32 Å². The van der Waals surface area contributed by atoms with Gasteiger partial charge in [0.25, 0.3) is 0 Å². The largest absolute Gasteiger partial charge is 0.362 e. The Morgan fingerprint density at radius 3 is 2.28 bits per heavy atom. The number of benzene rings is 3. The minimum absolute atomic E-state index is 0.117. The molecule has 152 valence electrons. The van der Waals surface area contributed by atoms with E-state index in [1.165, 1.54) is 16.4 Å². The van der Waals surface area contributed by atoms with Gasteiger partial charge in [-0.25, -0.2) is 12.8 Å². The Labute approximate surface area is 170 Å². The number of hydrogen-bond donors (Lipinski definition) is 1. The van der Waals surface area contributed by atoms with E-state index in [4.69, 9.17) is 4.74 Å². The van der Waals surface area contributed by atoms with Crippen molar-refractivity contribution >= 4 is 15.7 Å². The lowest BCUT2D eigenvalue weighted by molar-refractivity contribution is 0.138. The van der Waals surface area contributed by atoms with Crippen LogP contribution in [0.4, 0.5) is 10.1 Å². The van der Waals surface area contributed by atoms with Crippen molar-refractivity contribution in [3.63, 3.8) is 0 Å². The van der Waals surface area contributed by atoms with Crippen molar-refractivity contribution in [2.75, 3.05) is 19.1 Å². The molecule has 5 nitrogen and oxygen atoms in total. The maximum Gasteiger partial charge on any atom is 0.245 e. The number of hydrogen-bond acceptors (Lipinski definition) is 4. The van der Waals surface area contributed by atoms with E-state index in [-0.39, 0.29) is 30.6 Å². The normalized spacial score (nSPS) is 11.6. The quantitative estimate of drug-likeness (QED) is 0.420. The lowest BCUT2D eigenvalue weighted by Crippen LogP contribution is -2.27. The molecule has 1 N–H and O–H groups in total. The van der Waals surface area contributed by atoms with E-state index >= 15 is 0 Å². The van der Waals surface area contributed by atoms with Crippen LogP contribution in [0.15, 0.2) is 83.8 Å². The monoisotopic (exact) mass is 414 g/mol. The number of para-hydroxylation sites is 1. The van der Waals surface area contributed by atoms with Crippen molar-refractivity contribution in [3.05, 3.63) is 95.8 Å². The standard InChI is InChI=1S/C22H23FN2O3S/c1-25(15-18-7-3-2-4-8-18)29(26,27)22-10-6-5-9-21(22)24-17-28-16-19-11-13-20(23)14-12-19/h2-14,24H,15-17H2,1H3. The molecule has 0 atom stereocenters. The fraction of sp³-hybridized carbons (Fsp3) is 0.182. The molecule has 0 unspecified atom stereocenters. The second-order valence-corrected chi connectivity index (χ2v) is 8.55. The number of nitrogens with one attached hydrogen (secondary N) is 1. The second-order valence-electron chi connectivity index (χ2n) is 6.54. The van der Waals surface area contributed by atoms with Gasteiger partial charge in [-0.05, 0) is 35.4 Å². The summed E-state index contributed by atoms with van der Waals surface area (Å²) < 4.78 is 45.9. The summed E-state index contributed by atoms with van der Waals surface area (Å²) in [4.78, 5) is 0.184. The minimum atomic E-state index is -3.69. The summed E-state index contributed by atoms with van der Waals surface area (Å²) in [6.07, 6.45) is 0. The molecule has 0 amide bonds. The number of rotatable bonds is 9. The number of anilines is 1. The SMILES string of the molecule is CN(Cc1ccccc1)S(=O)(=O)c1ccccc1NCOCc1ccc(F)cc1. The van der Waals surface area contributed by atoms with Crippen LogP contribution in [-0.2, 0) is 27.9 Å². The molecule has 0 aliphatic carbocycles. The summed E-state index contributed by atoms with van der Waals surface area (Å²) in [7, 11) is -2.13. The molecule has 0 saturated heterocycles. The zero-order valence-electron chi connectivity index (χ0n) is 16.1. The summed E-state index contributed by atoms with van der Waals surface area (Å²) in [5, 5.41) is 3.02. The van der Waals surface area contributed by atoms with Crippen LogP contribution in [0.25, 0.3) is 0 Å². The zero-order chi connectivity index (χ0) is 20.7. The maximum absolute atomic E-state index is 13.1. The van der Waals surface area contributed by atoms with Crippen LogP contribution in [0.2, 0.25) is 0 Å². The number of halogens is 1. The first-order valence-electron chi connectivity index (χ1n) is 9.12. The summed E-state index contributed by atoms with van der Waals surface area (Å²) in [6, 6.07) is 22.2. The molecule has 0 bridgehead atoms.